The molecule has 1 aliphatic carbocycles. The van der Waals surface area contributed by atoms with E-state index in [-0.39, 0.29) is 0 Å². The Hall–Kier alpha value is -0.640. The monoisotopic (exact) mass is 297 g/mol. The van der Waals surface area contributed by atoms with E-state index < -0.39 is 0 Å². The molecule has 0 aromatic carbocycles. The first-order valence-corrected chi connectivity index (χ1v) is 7.34. The van der Waals surface area contributed by atoms with Crippen LogP contribution in [-0.4, -0.2) is 16.5 Å². The summed E-state index contributed by atoms with van der Waals surface area (Å²) in [6.45, 7) is 3.12. The maximum absolute atomic E-state index is 4.48. The Kier molecular flexibility index (Phi) is 4.77. The average molecular weight is 298 g/mol. The number of nitrogens with zero attached hydrogens (tertiary/aromatic N) is 2. The minimum Gasteiger partial charge on any atom is -0.370 e. The van der Waals surface area contributed by atoms with E-state index in [0.717, 1.165) is 35.1 Å². The topological polar surface area (TPSA) is 37.8 Å². The summed E-state index contributed by atoms with van der Waals surface area (Å²) in [7, 11) is 0. The Balaban J connectivity index is 1.91. The molecular weight excluding hydrogens is 278 g/mol. The van der Waals surface area contributed by atoms with Crippen LogP contribution in [0.1, 0.15) is 44.9 Å². The van der Waals surface area contributed by atoms with Crippen LogP contribution in [0.3, 0.4) is 0 Å². The molecule has 2 rings (SSSR count). The number of aryl methyl sites for hydroxylation is 1. The van der Waals surface area contributed by atoms with Crippen LogP contribution in [0.25, 0.3) is 0 Å². The van der Waals surface area contributed by atoms with Crippen LogP contribution in [0.15, 0.2) is 10.7 Å². The molecule has 0 atom stereocenters. The van der Waals surface area contributed by atoms with Crippen LogP contribution < -0.4 is 5.32 Å². The zero-order valence-electron chi connectivity index (χ0n) is 10.4. The molecule has 1 aromatic heterocycles. The maximum Gasteiger partial charge on any atom is 0.131 e. The number of halogens is 1. The third kappa shape index (κ3) is 3.95. The van der Waals surface area contributed by atoms with Gasteiger partial charge in [0.1, 0.15) is 16.2 Å². The fourth-order valence-electron chi connectivity index (χ4n) is 2.35. The minimum absolute atomic E-state index is 0.822. The van der Waals surface area contributed by atoms with Crippen LogP contribution in [0, 0.1) is 5.92 Å². The van der Waals surface area contributed by atoms with Crippen LogP contribution in [0.5, 0.6) is 0 Å². The normalized spacial score (nSPS) is 17.1. The van der Waals surface area contributed by atoms with Gasteiger partial charge in [0.05, 0.1) is 0 Å². The molecule has 1 fully saturated rings. The van der Waals surface area contributed by atoms with E-state index in [1.807, 2.05) is 6.07 Å². The number of hydrogen-bond acceptors (Lipinski definition) is 3. The lowest BCUT2D eigenvalue weighted by Crippen LogP contribution is -2.18. The summed E-state index contributed by atoms with van der Waals surface area (Å²) in [5.41, 5.74) is 0. The van der Waals surface area contributed by atoms with Crippen LogP contribution in [0.2, 0.25) is 0 Å². The molecule has 0 radical (unpaired) electrons. The first-order chi connectivity index (χ1) is 8.28. The van der Waals surface area contributed by atoms with Gasteiger partial charge in [-0.25, -0.2) is 9.97 Å². The highest BCUT2D eigenvalue weighted by atomic mass is 79.9. The molecule has 1 aromatic rings. The summed E-state index contributed by atoms with van der Waals surface area (Å²) in [6, 6.07) is 1.96. The first-order valence-electron chi connectivity index (χ1n) is 6.55. The second kappa shape index (κ2) is 6.34. The number of nitrogens with one attached hydrogen (secondary N) is 1. The van der Waals surface area contributed by atoms with Crippen molar-refractivity contribution < 1.29 is 0 Å². The largest absolute Gasteiger partial charge is 0.370 e. The molecule has 0 unspecified atom stereocenters. The predicted molar refractivity (Wildman–Crippen MR) is 74.2 cm³/mol. The summed E-state index contributed by atoms with van der Waals surface area (Å²) in [5, 5.41) is 3.45. The van der Waals surface area contributed by atoms with Crippen molar-refractivity contribution >= 4 is 21.7 Å². The average Bonchev–Trinajstić information content (AvgIpc) is 2.37. The quantitative estimate of drug-likeness (QED) is 0.859. The minimum atomic E-state index is 0.822. The van der Waals surface area contributed by atoms with Crippen molar-refractivity contribution in [1.29, 1.82) is 0 Å². The molecule has 3 nitrogen and oxygen atoms in total. The fraction of sp³-hybridized carbons (Fsp3) is 0.692. The lowest BCUT2D eigenvalue weighted by atomic mass is 9.89. The third-order valence-corrected chi connectivity index (χ3v) is 3.76. The van der Waals surface area contributed by atoms with Crippen molar-refractivity contribution in [2.24, 2.45) is 5.92 Å². The van der Waals surface area contributed by atoms with Gasteiger partial charge in [-0.05, 0) is 34.7 Å². The molecule has 94 valence electrons. The molecular formula is C13H20BrN3. The molecule has 0 saturated heterocycles. The zero-order chi connectivity index (χ0) is 12.1. The molecule has 1 N–H and O–H groups in total. The zero-order valence-corrected chi connectivity index (χ0v) is 12.0. The molecule has 1 saturated carbocycles. The van der Waals surface area contributed by atoms with Gasteiger partial charge >= 0.3 is 0 Å². The molecule has 4 heteroatoms. The van der Waals surface area contributed by atoms with E-state index in [2.05, 4.69) is 38.1 Å². The smallest absolute Gasteiger partial charge is 0.131 e. The number of aromatic nitrogens is 2. The molecule has 0 aliphatic heterocycles. The van der Waals surface area contributed by atoms with Gasteiger partial charge in [0, 0.05) is 19.0 Å². The van der Waals surface area contributed by atoms with E-state index in [4.69, 9.17) is 0 Å². The van der Waals surface area contributed by atoms with Gasteiger partial charge < -0.3 is 5.32 Å². The van der Waals surface area contributed by atoms with Gasteiger partial charge in [-0.2, -0.15) is 0 Å². The van der Waals surface area contributed by atoms with Gasteiger partial charge in [-0.1, -0.05) is 26.2 Å². The molecule has 0 bridgehead atoms. The Bertz CT molecular complexity index is 362. The standard InChI is InChI=1S/C13H20BrN3/c1-2-12-16-11(14)8-13(17-12)15-9-10-6-4-3-5-7-10/h8,10H,2-7,9H2,1H3,(H,15,16,17). The highest BCUT2D eigenvalue weighted by Crippen LogP contribution is 2.24. The molecule has 0 amide bonds. The van der Waals surface area contributed by atoms with E-state index in [0.29, 0.717) is 0 Å². The van der Waals surface area contributed by atoms with Crippen LogP contribution >= 0.6 is 15.9 Å². The van der Waals surface area contributed by atoms with Gasteiger partial charge in [-0.3, -0.25) is 0 Å². The molecule has 17 heavy (non-hydrogen) atoms. The Morgan fingerprint density at radius 2 is 2.06 bits per heavy atom. The van der Waals surface area contributed by atoms with Crippen LogP contribution in [0.4, 0.5) is 5.82 Å². The lowest BCUT2D eigenvalue weighted by molar-refractivity contribution is 0.373. The Morgan fingerprint density at radius 1 is 1.29 bits per heavy atom. The number of anilines is 1. The number of hydrogen-bond donors (Lipinski definition) is 1. The summed E-state index contributed by atoms with van der Waals surface area (Å²) in [5.74, 6) is 2.67. The molecule has 1 heterocycles. The molecule has 1 aliphatic rings. The van der Waals surface area contributed by atoms with Crippen molar-refractivity contribution in [1.82, 2.24) is 9.97 Å². The Labute approximate surface area is 112 Å². The highest BCUT2D eigenvalue weighted by Gasteiger charge is 2.13. The van der Waals surface area contributed by atoms with E-state index in [1.54, 1.807) is 0 Å². The van der Waals surface area contributed by atoms with Crippen molar-refractivity contribution in [2.45, 2.75) is 45.4 Å². The van der Waals surface area contributed by atoms with E-state index in [1.165, 1.54) is 32.1 Å². The Morgan fingerprint density at radius 3 is 2.76 bits per heavy atom. The molecule has 0 spiro atoms. The van der Waals surface area contributed by atoms with Crippen molar-refractivity contribution in [2.75, 3.05) is 11.9 Å². The third-order valence-electron chi connectivity index (χ3n) is 3.35. The lowest BCUT2D eigenvalue weighted by Gasteiger charge is -2.22. The van der Waals surface area contributed by atoms with E-state index >= 15 is 0 Å². The van der Waals surface area contributed by atoms with E-state index in [9.17, 15) is 0 Å². The summed E-state index contributed by atoms with van der Waals surface area (Å²) in [4.78, 5) is 8.80. The summed E-state index contributed by atoms with van der Waals surface area (Å²) >= 11 is 3.43. The van der Waals surface area contributed by atoms with Gasteiger partial charge in [0.2, 0.25) is 0 Å². The van der Waals surface area contributed by atoms with Crippen molar-refractivity contribution in [3.8, 4) is 0 Å². The number of rotatable bonds is 4. The maximum atomic E-state index is 4.48. The SMILES string of the molecule is CCc1nc(Br)cc(NCC2CCCCC2)n1. The van der Waals surface area contributed by atoms with Gasteiger partial charge in [0.15, 0.2) is 0 Å². The second-order valence-corrected chi connectivity index (χ2v) is 5.54. The van der Waals surface area contributed by atoms with Crippen LogP contribution in [-0.2, 0) is 6.42 Å². The van der Waals surface area contributed by atoms with Gasteiger partial charge in [0.25, 0.3) is 0 Å². The van der Waals surface area contributed by atoms with Crippen molar-refractivity contribution in [3.63, 3.8) is 0 Å². The van der Waals surface area contributed by atoms with Gasteiger partial charge in [-0.15, -0.1) is 0 Å². The second-order valence-electron chi connectivity index (χ2n) is 4.73. The first kappa shape index (κ1) is 12.8. The predicted octanol–water partition coefficient (Wildman–Crippen LogP) is 3.79. The summed E-state index contributed by atoms with van der Waals surface area (Å²) in [6.07, 6.45) is 7.78. The fourth-order valence-corrected chi connectivity index (χ4v) is 2.78. The van der Waals surface area contributed by atoms with Crippen molar-refractivity contribution in [3.05, 3.63) is 16.5 Å². The highest BCUT2D eigenvalue weighted by molar-refractivity contribution is 9.10. The summed E-state index contributed by atoms with van der Waals surface area (Å²) < 4.78 is 0.871.